The van der Waals surface area contributed by atoms with E-state index in [4.69, 9.17) is 11.6 Å². The first-order chi connectivity index (χ1) is 13.0. The van der Waals surface area contributed by atoms with Crippen molar-refractivity contribution < 1.29 is 9.59 Å². The molecule has 2 N–H and O–H groups in total. The third-order valence-electron chi connectivity index (χ3n) is 5.68. The van der Waals surface area contributed by atoms with Crippen LogP contribution in [0.3, 0.4) is 0 Å². The number of aromatic nitrogens is 1. The highest BCUT2D eigenvalue weighted by Gasteiger charge is 2.58. The molecule has 27 heavy (non-hydrogen) atoms. The molecule has 140 valence electrons. The summed E-state index contributed by atoms with van der Waals surface area (Å²) < 4.78 is 0. The smallest absolute Gasteiger partial charge is 0.266 e. The summed E-state index contributed by atoms with van der Waals surface area (Å²) in [6, 6.07) is 8.84. The number of carbonyl (C=O) groups excluding carboxylic acids is 2. The van der Waals surface area contributed by atoms with Gasteiger partial charge in [0.05, 0.1) is 17.0 Å². The highest BCUT2D eigenvalue weighted by molar-refractivity contribution is 6.30. The van der Waals surface area contributed by atoms with Gasteiger partial charge in [0.15, 0.2) is 0 Å². The van der Waals surface area contributed by atoms with E-state index >= 15 is 0 Å². The van der Waals surface area contributed by atoms with Crippen LogP contribution in [0.25, 0.3) is 0 Å². The lowest BCUT2D eigenvalue weighted by molar-refractivity contribution is -0.121. The second-order valence-electron chi connectivity index (χ2n) is 7.09. The van der Waals surface area contributed by atoms with Gasteiger partial charge in [-0.25, -0.2) is 0 Å². The molecule has 2 aliphatic rings. The van der Waals surface area contributed by atoms with Crippen LogP contribution >= 0.6 is 11.6 Å². The van der Waals surface area contributed by atoms with Gasteiger partial charge in [-0.05, 0) is 30.5 Å². The van der Waals surface area contributed by atoms with Gasteiger partial charge in [0.25, 0.3) is 11.5 Å². The zero-order valence-corrected chi connectivity index (χ0v) is 15.7. The molecule has 2 aliphatic heterocycles. The Hall–Kier alpha value is -2.60. The molecule has 4 rings (SSSR count). The number of hydrogen-bond acceptors (Lipinski definition) is 3. The fourth-order valence-electron chi connectivity index (χ4n) is 4.47. The predicted molar refractivity (Wildman–Crippen MR) is 103 cm³/mol. The van der Waals surface area contributed by atoms with Crippen molar-refractivity contribution in [2.24, 2.45) is 0 Å². The maximum atomic E-state index is 13.2. The van der Waals surface area contributed by atoms with Crippen LogP contribution in [0.4, 0.5) is 5.69 Å². The molecule has 1 aromatic heterocycles. The molecule has 0 aliphatic carbocycles. The normalized spacial score (nSPS) is 23.6. The minimum atomic E-state index is -0.728. The topological polar surface area (TPSA) is 82.3 Å². The monoisotopic (exact) mass is 385 g/mol. The van der Waals surface area contributed by atoms with Gasteiger partial charge in [0, 0.05) is 18.4 Å². The first-order valence-electron chi connectivity index (χ1n) is 9.09. The number of para-hydroxylation sites is 1. The van der Waals surface area contributed by atoms with Gasteiger partial charge in [-0.3, -0.25) is 14.4 Å². The molecule has 1 fully saturated rings. The van der Waals surface area contributed by atoms with Gasteiger partial charge < -0.3 is 15.2 Å². The van der Waals surface area contributed by atoms with Gasteiger partial charge in [-0.15, -0.1) is 0 Å². The number of aromatic amines is 1. The zero-order chi connectivity index (χ0) is 19.2. The summed E-state index contributed by atoms with van der Waals surface area (Å²) in [5.41, 5.74) is 0.951. The molecule has 0 bridgehead atoms. The second kappa shape index (κ2) is 6.53. The number of likely N-dealkylation sites (tertiary alicyclic amines) is 1. The molecule has 0 saturated carbocycles. The number of nitrogens with zero attached hydrogens (tertiary/aromatic N) is 1. The number of fused-ring (bicyclic) bond motifs is 2. The largest absolute Gasteiger partial charge is 0.334 e. The average molecular weight is 386 g/mol. The van der Waals surface area contributed by atoms with E-state index in [1.165, 1.54) is 12.3 Å². The summed E-state index contributed by atoms with van der Waals surface area (Å²) in [5, 5.41) is 2.97. The van der Waals surface area contributed by atoms with Crippen LogP contribution in [0, 0.1) is 0 Å². The maximum absolute atomic E-state index is 13.2. The number of H-pyrrole nitrogens is 1. The van der Waals surface area contributed by atoms with Crippen molar-refractivity contribution in [3.05, 3.63) is 63.0 Å². The Labute approximate surface area is 161 Å². The quantitative estimate of drug-likeness (QED) is 0.852. The average Bonchev–Trinajstić information content (AvgIpc) is 3.17. The number of anilines is 1. The Morgan fingerprint density at radius 3 is 2.85 bits per heavy atom. The van der Waals surface area contributed by atoms with Crippen LogP contribution in [0.2, 0.25) is 5.02 Å². The molecule has 1 spiro atoms. The fraction of sp³-hybridized carbons (Fsp3) is 0.350. The van der Waals surface area contributed by atoms with Gasteiger partial charge in [-0.2, -0.15) is 0 Å². The SMILES string of the molecule is CCC[C@@H]1N(C(=O)c2c[nH]c(=O)c(Cl)c2)CC[C@]12C(=O)Nc1ccccc12. The van der Waals surface area contributed by atoms with Crippen molar-refractivity contribution in [3.63, 3.8) is 0 Å². The number of pyridine rings is 1. The Kier molecular flexibility index (Phi) is 4.30. The number of halogens is 1. The van der Waals surface area contributed by atoms with Gasteiger partial charge in [0.2, 0.25) is 5.91 Å². The molecule has 7 heteroatoms. The molecule has 6 nitrogen and oxygen atoms in total. The highest BCUT2D eigenvalue weighted by atomic mass is 35.5. The second-order valence-corrected chi connectivity index (χ2v) is 7.50. The van der Waals surface area contributed by atoms with Crippen LogP contribution < -0.4 is 10.9 Å². The number of rotatable bonds is 3. The van der Waals surface area contributed by atoms with Crippen molar-refractivity contribution in [1.82, 2.24) is 9.88 Å². The third-order valence-corrected chi connectivity index (χ3v) is 5.96. The van der Waals surface area contributed by atoms with E-state index in [2.05, 4.69) is 10.3 Å². The molecule has 0 unspecified atom stereocenters. The minimum Gasteiger partial charge on any atom is -0.334 e. The maximum Gasteiger partial charge on any atom is 0.266 e. The molecular weight excluding hydrogens is 366 g/mol. The van der Waals surface area contributed by atoms with E-state index in [1.807, 2.05) is 31.2 Å². The van der Waals surface area contributed by atoms with Crippen LogP contribution in [0.15, 0.2) is 41.3 Å². The first kappa shape index (κ1) is 17.8. The van der Waals surface area contributed by atoms with Crippen molar-refractivity contribution in [1.29, 1.82) is 0 Å². The van der Waals surface area contributed by atoms with Crippen molar-refractivity contribution >= 4 is 29.1 Å². The summed E-state index contributed by atoms with van der Waals surface area (Å²) >= 11 is 5.89. The Bertz CT molecular complexity index is 986. The van der Waals surface area contributed by atoms with E-state index in [0.29, 0.717) is 24.9 Å². The Morgan fingerprint density at radius 1 is 1.33 bits per heavy atom. The lowest BCUT2D eigenvalue weighted by Crippen LogP contribution is -2.48. The molecular formula is C20H20ClN3O3. The number of hydrogen-bond donors (Lipinski definition) is 2. The summed E-state index contributed by atoms with van der Waals surface area (Å²) in [7, 11) is 0. The van der Waals surface area contributed by atoms with Crippen LogP contribution in [0.1, 0.15) is 42.1 Å². The van der Waals surface area contributed by atoms with Gasteiger partial charge in [0.1, 0.15) is 5.02 Å². The highest BCUT2D eigenvalue weighted by Crippen LogP contribution is 2.49. The molecule has 1 saturated heterocycles. The number of nitrogens with one attached hydrogen (secondary N) is 2. The lowest BCUT2D eigenvalue weighted by atomic mass is 9.73. The number of amides is 2. The van der Waals surface area contributed by atoms with E-state index in [0.717, 1.165) is 17.7 Å². The van der Waals surface area contributed by atoms with Crippen LogP contribution in [-0.4, -0.2) is 34.3 Å². The molecule has 0 radical (unpaired) electrons. The van der Waals surface area contributed by atoms with E-state index in [9.17, 15) is 14.4 Å². The lowest BCUT2D eigenvalue weighted by Gasteiger charge is -2.34. The summed E-state index contributed by atoms with van der Waals surface area (Å²) in [6.07, 6.45) is 3.51. The zero-order valence-electron chi connectivity index (χ0n) is 14.9. The summed E-state index contributed by atoms with van der Waals surface area (Å²) in [5.74, 6) is -0.266. The predicted octanol–water partition coefficient (Wildman–Crippen LogP) is 2.93. The molecule has 2 amide bonds. The van der Waals surface area contributed by atoms with Crippen molar-refractivity contribution in [3.8, 4) is 0 Å². The number of carbonyl (C=O) groups is 2. The van der Waals surface area contributed by atoms with Crippen LogP contribution in [-0.2, 0) is 10.2 Å². The van der Waals surface area contributed by atoms with E-state index in [1.54, 1.807) is 4.90 Å². The third kappa shape index (κ3) is 2.58. The van der Waals surface area contributed by atoms with Crippen molar-refractivity contribution in [2.45, 2.75) is 37.6 Å². The van der Waals surface area contributed by atoms with Crippen molar-refractivity contribution in [2.75, 3.05) is 11.9 Å². The summed E-state index contributed by atoms with van der Waals surface area (Å²) in [4.78, 5) is 41.9. The minimum absolute atomic E-state index is 0.0224. The van der Waals surface area contributed by atoms with E-state index < -0.39 is 11.0 Å². The summed E-state index contributed by atoms with van der Waals surface area (Å²) in [6.45, 7) is 2.52. The fourth-order valence-corrected chi connectivity index (χ4v) is 4.64. The van der Waals surface area contributed by atoms with Gasteiger partial charge >= 0.3 is 0 Å². The molecule has 2 aromatic rings. The Morgan fingerprint density at radius 2 is 2.11 bits per heavy atom. The Balaban J connectivity index is 1.76. The molecule has 3 heterocycles. The standard InChI is InChI=1S/C20H20ClN3O3/c1-2-5-16-20(13-6-3-4-7-15(13)23-19(20)27)8-9-24(16)18(26)12-10-14(21)17(25)22-11-12/h3-4,6-7,10-11,16H,2,5,8-9H2,1H3,(H,22,25)(H,23,27)/t16-,20+/m0/s1. The molecule has 1 aromatic carbocycles. The first-order valence-corrected chi connectivity index (χ1v) is 9.47. The van der Waals surface area contributed by atoms with E-state index in [-0.39, 0.29) is 22.9 Å². The van der Waals surface area contributed by atoms with Gasteiger partial charge in [-0.1, -0.05) is 43.1 Å². The van der Waals surface area contributed by atoms with Crippen LogP contribution in [0.5, 0.6) is 0 Å². The molecule has 2 atom stereocenters. The number of benzene rings is 1.